The summed E-state index contributed by atoms with van der Waals surface area (Å²) < 4.78 is 22.9. The molecule has 1 aromatic rings. The molecule has 0 radical (unpaired) electrons. The summed E-state index contributed by atoms with van der Waals surface area (Å²) in [5, 5.41) is 2.65. The number of hydrogen-bond donors (Lipinski definition) is 2. The summed E-state index contributed by atoms with van der Waals surface area (Å²) >= 11 is 0. The van der Waals surface area contributed by atoms with Crippen LogP contribution < -0.4 is 11.1 Å². The lowest BCUT2D eigenvalue weighted by atomic mass is 10.1. The lowest BCUT2D eigenvalue weighted by Gasteiger charge is -2.17. The Labute approximate surface area is 132 Å². The number of benzene rings is 1. The van der Waals surface area contributed by atoms with Crippen LogP contribution in [-0.4, -0.2) is 37.9 Å². The average molecular weight is 335 g/mol. The molecule has 120 valence electrons. The van der Waals surface area contributed by atoms with E-state index in [1.165, 1.54) is 0 Å². The number of carbonyl (C=O) groups is 1. The van der Waals surface area contributed by atoms with Gasteiger partial charge in [0.05, 0.1) is 11.8 Å². The van der Waals surface area contributed by atoms with E-state index in [1.807, 2.05) is 30.3 Å². The highest BCUT2D eigenvalue weighted by molar-refractivity contribution is 7.91. The second kappa shape index (κ2) is 9.02. The third kappa shape index (κ3) is 7.45. The molecule has 0 fully saturated rings. The van der Waals surface area contributed by atoms with Gasteiger partial charge in [-0.2, -0.15) is 0 Å². The fraction of sp³-hybridized carbons (Fsp3) is 0.500. The lowest BCUT2D eigenvalue weighted by molar-refractivity contribution is -0.122. The number of hydrogen-bond acceptors (Lipinski definition) is 4. The maximum absolute atomic E-state index is 11.9. The van der Waals surface area contributed by atoms with E-state index < -0.39 is 21.9 Å². The van der Waals surface area contributed by atoms with Crippen molar-refractivity contribution in [2.45, 2.75) is 32.4 Å². The van der Waals surface area contributed by atoms with Gasteiger partial charge in [-0.3, -0.25) is 4.79 Å². The van der Waals surface area contributed by atoms with E-state index in [0.29, 0.717) is 6.42 Å². The van der Waals surface area contributed by atoms with Crippen molar-refractivity contribution >= 4 is 28.2 Å². The molecular formula is C14H23ClN2O3S. The topological polar surface area (TPSA) is 89.3 Å². The van der Waals surface area contributed by atoms with Gasteiger partial charge < -0.3 is 11.1 Å². The van der Waals surface area contributed by atoms with Crippen LogP contribution in [0, 0.1) is 0 Å². The van der Waals surface area contributed by atoms with Crippen molar-refractivity contribution in [1.82, 2.24) is 5.32 Å². The molecule has 0 aliphatic heterocycles. The summed E-state index contributed by atoms with van der Waals surface area (Å²) in [4.78, 5) is 11.9. The van der Waals surface area contributed by atoms with Gasteiger partial charge in [-0.25, -0.2) is 8.42 Å². The fourth-order valence-corrected chi connectivity index (χ4v) is 2.93. The first-order valence-electron chi connectivity index (χ1n) is 6.64. The first-order chi connectivity index (χ1) is 9.34. The zero-order valence-electron chi connectivity index (χ0n) is 12.3. The smallest absolute Gasteiger partial charge is 0.237 e. The molecule has 0 saturated carbocycles. The normalized spacial score (nSPS) is 13.9. The van der Waals surface area contributed by atoms with Crippen LogP contribution in [0.2, 0.25) is 0 Å². The lowest BCUT2D eigenvalue weighted by Crippen LogP contribution is -2.47. The molecule has 5 nitrogen and oxygen atoms in total. The van der Waals surface area contributed by atoms with Crippen LogP contribution in [0.15, 0.2) is 30.3 Å². The summed E-state index contributed by atoms with van der Waals surface area (Å²) in [6, 6.07) is 8.36. The minimum atomic E-state index is -3.10. The van der Waals surface area contributed by atoms with E-state index in [4.69, 9.17) is 5.73 Å². The highest BCUT2D eigenvalue weighted by Gasteiger charge is 2.19. The summed E-state index contributed by atoms with van der Waals surface area (Å²) in [6.07, 6.45) is 0.430. The average Bonchev–Trinajstić information content (AvgIpc) is 2.39. The Hall–Kier alpha value is -1.11. The number of nitrogens with one attached hydrogen (secondary N) is 1. The molecule has 0 heterocycles. The van der Waals surface area contributed by atoms with Crippen molar-refractivity contribution in [3.05, 3.63) is 35.9 Å². The van der Waals surface area contributed by atoms with Gasteiger partial charge >= 0.3 is 0 Å². The van der Waals surface area contributed by atoms with Crippen molar-refractivity contribution in [2.75, 3.05) is 11.5 Å². The van der Waals surface area contributed by atoms with E-state index >= 15 is 0 Å². The Morgan fingerprint density at radius 3 is 2.38 bits per heavy atom. The zero-order valence-corrected chi connectivity index (χ0v) is 13.9. The van der Waals surface area contributed by atoms with E-state index in [0.717, 1.165) is 5.56 Å². The highest BCUT2D eigenvalue weighted by atomic mass is 35.5. The van der Waals surface area contributed by atoms with Crippen LogP contribution in [0.5, 0.6) is 0 Å². The van der Waals surface area contributed by atoms with Crippen LogP contribution in [0.25, 0.3) is 0 Å². The third-order valence-electron chi connectivity index (χ3n) is 2.97. The monoisotopic (exact) mass is 334 g/mol. The van der Waals surface area contributed by atoms with Crippen molar-refractivity contribution in [3.63, 3.8) is 0 Å². The van der Waals surface area contributed by atoms with Crippen molar-refractivity contribution in [2.24, 2.45) is 5.73 Å². The maximum Gasteiger partial charge on any atom is 0.237 e. The standard InChI is InChI=1S/C14H22N2O3S.ClH/c1-3-20(18,19)10-11(2)16-14(17)13(15)9-12-7-5-4-6-8-12;/h4-8,11,13H,3,9-10,15H2,1-2H3,(H,16,17);1H/t11?,13-;/m0./s1. The second-order valence-electron chi connectivity index (χ2n) is 4.90. The van der Waals surface area contributed by atoms with Crippen molar-refractivity contribution < 1.29 is 13.2 Å². The molecule has 0 aromatic heterocycles. The SMILES string of the molecule is CCS(=O)(=O)CC(C)NC(=O)[C@@H](N)Cc1ccccc1.Cl. The summed E-state index contributed by atoms with van der Waals surface area (Å²) in [5.74, 6) is -0.316. The predicted molar refractivity (Wildman–Crippen MR) is 87.3 cm³/mol. The van der Waals surface area contributed by atoms with Gasteiger partial charge in [-0.15, -0.1) is 12.4 Å². The van der Waals surface area contributed by atoms with E-state index in [1.54, 1.807) is 13.8 Å². The molecule has 0 aliphatic rings. The van der Waals surface area contributed by atoms with Crippen LogP contribution in [0.1, 0.15) is 19.4 Å². The van der Waals surface area contributed by atoms with Gasteiger partial charge in [0.1, 0.15) is 0 Å². The number of amides is 1. The number of sulfone groups is 1. The van der Waals surface area contributed by atoms with E-state index in [9.17, 15) is 13.2 Å². The molecule has 0 aliphatic carbocycles. The molecule has 0 bridgehead atoms. The molecule has 7 heteroatoms. The molecule has 1 aromatic carbocycles. The number of halogens is 1. The molecule has 1 rings (SSSR count). The Morgan fingerprint density at radius 2 is 1.86 bits per heavy atom. The predicted octanol–water partition coefficient (Wildman–Crippen LogP) is 0.918. The minimum Gasteiger partial charge on any atom is -0.351 e. The van der Waals surface area contributed by atoms with Crippen molar-refractivity contribution in [1.29, 1.82) is 0 Å². The molecular weight excluding hydrogens is 312 g/mol. The molecule has 21 heavy (non-hydrogen) atoms. The summed E-state index contributed by atoms with van der Waals surface area (Å²) in [5.41, 5.74) is 6.81. The number of carbonyl (C=O) groups excluding carboxylic acids is 1. The van der Waals surface area contributed by atoms with Gasteiger partial charge in [0.15, 0.2) is 9.84 Å². The van der Waals surface area contributed by atoms with E-state index in [-0.39, 0.29) is 29.8 Å². The largest absolute Gasteiger partial charge is 0.351 e. The number of rotatable bonds is 7. The fourth-order valence-electron chi connectivity index (χ4n) is 1.85. The molecule has 1 unspecified atom stereocenters. The summed E-state index contributed by atoms with van der Waals surface area (Å²) in [7, 11) is -3.10. The van der Waals surface area contributed by atoms with Gasteiger partial charge in [0.25, 0.3) is 0 Å². The number of nitrogens with two attached hydrogens (primary N) is 1. The molecule has 0 saturated heterocycles. The van der Waals surface area contributed by atoms with Gasteiger partial charge in [-0.05, 0) is 18.9 Å². The quantitative estimate of drug-likeness (QED) is 0.776. The minimum absolute atomic E-state index is 0. The molecule has 0 spiro atoms. The van der Waals surface area contributed by atoms with Crippen LogP contribution in [-0.2, 0) is 21.1 Å². The Kier molecular flexibility index (Phi) is 8.54. The van der Waals surface area contributed by atoms with Crippen LogP contribution in [0.3, 0.4) is 0 Å². The summed E-state index contributed by atoms with van der Waals surface area (Å²) in [6.45, 7) is 3.26. The third-order valence-corrected chi connectivity index (χ3v) is 4.86. The van der Waals surface area contributed by atoms with Gasteiger partial charge in [0, 0.05) is 11.8 Å². The molecule has 1 amide bonds. The first kappa shape index (κ1) is 19.9. The first-order valence-corrected chi connectivity index (χ1v) is 8.46. The Balaban J connectivity index is 0.00000400. The van der Waals surface area contributed by atoms with Gasteiger partial charge in [-0.1, -0.05) is 37.3 Å². The maximum atomic E-state index is 11.9. The Bertz CT molecular complexity index is 534. The molecule has 3 N–H and O–H groups in total. The second-order valence-corrected chi connectivity index (χ2v) is 7.30. The van der Waals surface area contributed by atoms with Gasteiger partial charge in [0.2, 0.25) is 5.91 Å². The van der Waals surface area contributed by atoms with Crippen LogP contribution >= 0.6 is 12.4 Å². The van der Waals surface area contributed by atoms with Crippen molar-refractivity contribution in [3.8, 4) is 0 Å². The highest BCUT2D eigenvalue weighted by Crippen LogP contribution is 2.02. The molecule has 2 atom stereocenters. The Morgan fingerprint density at radius 1 is 1.29 bits per heavy atom. The van der Waals surface area contributed by atoms with Crippen LogP contribution in [0.4, 0.5) is 0 Å². The zero-order chi connectivity index (χ0) is 15.2. The van der Waals surface area contributed by atoms with E-state index in [2.05, 4.69) is 5.32 Å².